The van der Waals surface area contributed by atoms with Crippen LogP contribution in [0.4, 0.5) is 5.82 Å². The van der Waals surface area contributed by atoms with Crippen molar-refractivity contribution in [2.24, 2.45) is 0 Å². The summed E-state index contributed by atoms with van der Waals surface area (Å²) < 4.78 is 0. The molecule has 0 spiro atoms. The molecule has 9 nitrogen and oxygen atoms in total. The molecule has 5 N–H and O–H groups in total. The van der Waals surface area contributed by atoms with Crippen LogP contribution in [0.15, 0.2) is 26.9 Å². The van der Waals surface area contributed by atoms with E-state index in [-0.39, 0.29) is 22.8 Å². The summed E-state index contributed by atoms with van der Waals surface area (Å²) in [5.41, 5.74) is 5.49. The maximum atomic E-state index is 12.1. The third-order valence-electron chi connectivity index (χ3n) is 2.98. The number of amides is 1. The normalized spacial score (nSPS) is 11.9. The van der Waals surface area contributed by atoms with Gasteiger partial charge in [0.2, 0.25) is 5.91 Å². The topological polar surface area (TPSA) is 147 Å². The quantitative estimate of drug-likeness (QED) is 0.409. The number of rotatable bonds is 6. The minimum absolute atomic E-state index is 0.137. The largest absolute Gasteiger partial charge is 0.383 e. The van der Waals surface area contributed by atoms with E-state index < -0.39 is 5.25 Å². The minimum atomic E-state index is -0.442. The number of nitrogens with zero attached hydrogens (tertiary/aromatic N) is 2. The summed E-state index contributed by atoms with van der Waals surface area (Å²) in [6.07, 6.45) is 0.350. The highest BCUT2D eigenvalue weighted by atomic mass is 32.2. The van der Waals surface area contributed by atoms with Gasteiger partial charge < -0.3 is 21.0 Å². The van der Waals surface area contributed by atoms with Crippen molar-refractivity contribution in [2.45, 2.75) is 30.7 Å². The lowest BCUT2D eigenvalue weighted by molar-refractivity contribution is -0.120. The van der Waals surface area contributed by atoms with E-state index in [2.05, 4.69) is 25.3 Å². The zero-order chi connectivity index (χ0) is 17.7. The van der Waals surface area contributed by atoms with E-state index in [1.165, 1.54) is 12.1 Å². The van der Waals surface area contributed by atoms with E-state index in [4.69, 9.17) is 5.73 Å². The Hall–Kier alpha value is -2.62. The third-order valence-corrected chi connectivity index (χ3v) is 3.96. The average Bonchev–Trinajstić information content (AvgIpc) is 2.44. The molecule has 10 heteroatoms. The fourth-order valence-electron chi connectivity index (χ4n) is 1.92. The molecule has 24 heavy (non-hydrogen) atoms. The van der Waals surface area contributed by atoms with Crippen molar-refractivity contribution in [1.29, 1.82) is 0 Å². The van der Waals surface area contributed by atoms with Gasteiger partial charge in [-0.3, -0.25) is 14.4 Å². The van der Waals surface area contributed by atoms with Crippen molar-refractivity contribution in [3.8, 4) is 0 Å². The molecule has 1 amide bonds. The summed E-state index contributed by atoms with van der Waals surface area (Å²) in [5.74, 6) is 0.333. The number of nitrogen functional groups attached to an aromatic ring is 1. The number of hydrogen-bond donors (Lipinski definition) is 4. The lowest BCUT2D eigenvalue weighted by Crippen LogP contribution is -2.33. The van der Waals surface area contributed by atoms with Gasteiger partial charge in [-0.1, -0.05) is 11.8 Å². The van der Waals surface area contributed by atoms with Crippen molar-refractivity contribution in [2.75, 3.05) is 12.3 Å². The van der Waals surface area contributed by atoms with Crippen LogP contribution in [0.1, 0.15) is 18.4 Å². The fourth-order valence-corrected chi connectivity index (χ4v) is 2.80. The number of aryl methyl sites for hydroxylation is 1. The summed E-state index contributed by atoms with van der Waals surface area (Å²) in [4.78, 5) is 48.0. The van der Waals surface area contributed by atoms with Gasteiger partial charge in [0, 0.05) is 30.8 Å². The lowest BCUT2D eigenvalue weighted by Gasteiger charge is -2.11. The molecule has 0 radical (unpaired) electrons. The van der Waals surface area contributed by atoms with Crippen molar-refractivity contribution >= 4 is 23.5 Å². The summed E-state index contributed by atoms with van der Waals surface area (Å²) in [6.45, 7) is 3.72. The van der Waals surface area contributed by atoms with E-state index in [1.54, 1.807) is 13.8 Å². The van der Waals surface area contributed by atoms with Gasteiger partial charge in [0.25, 0.3) is 11.1 Å². The Morgan fingerprint density at radius 2 is 2.00 bits per heavy atom. The van der Waals surface area contributed by atoms with Crippen LogP contribution in [0, 0.1) is 6.92 Å². The Balaban J connectivity index is 1.87. The van der Waals surface area contributed by atoms with E-state index in [0.29, 0.717) is 29.6 Å². The van der Waals surface area contributed by atoms with Crippen molar-refractivity contribution < 1.29 is 4.79 Å². The maximum Gasteiger partial charge on any atom is 0.252 e. The summed E-state index contributed by atoms with van der Waals surface area (Å²) >= 11 is 1.16. The van der Waals surface area contributed by atoms with Gasteiger partial charge in [-0.2, -0.15) is 0 Å². The molecule has 0 saturated carbocycles. The van der Waals surface area contributed by atoms with Crippen molar-refractivity contribution in [3.63, 3.8) is 0 Å². The number of H-pyrrole nitrogens is 2. The smallest absolute Gasteiger partial charge is 0.252 e. The molecule has 0 aliphatic carbocycles. The molecule has 128 valence electrons. The van der Waals surface area contributed by atoms with Gasteiger partial charge in [0.15, 0.2) is 5.16 Å². The summed E-state index contributed by atoms with van der Waals surface area (Å²) in [6, 6.07) is 2.57. The number of hydrogen-bond acceptors (Lipinski definition) is 7. The molecule has 0 aromatic carbocycles. The van der Waals surface area contributed by atoms with Gasteiger partial charge in [-0.25, -0.2) is 9.97 Å². The first-order valence-corrected chi connectivity index (χ1v) is 8.09. The van der Waals surface area contributed by atoms with Gasteiger partial charge in [0.05, 0.1) is 5.25 Å². The molecule has 0 saturated heterocycles. The van der Waals surface area contributed by atoms with Crippen molar-refractivity contribution in [3.05, 3.63) is 44.4 Å². The summed E-state index contributed by atoms with van der Waals surface area (Å²) in [5, 5.41) is 2.69. The zero-order valence-electron chi connectivity index (χ0n) is 13.3. The molecular formula is C14H18N6O3S. The monoisotopic (exact) mass is 350 g/mol. The SMILES string of the molecule is Cc1cc(=O)[nH]c(SC(C)C(=O)NCCc2nc(N)cc(=O)[nH]2)n1. The van der Waals surface area contributed by atoms with E-state index in [1.807, 2.05) is 0 Å². The Morgan fingerprint density at radius 1 is 1.29 bits per heavy atom. The van der Waals surface area contributed by atoms with Crippen LogP contribution in [0.3, 0.4) is 0 Å². The number of thioether (sulfide) groups is 1. The number of aromatic amines is 2. The molecule has 2 aromatic rings. The van der Waals surface area contributed by atoms with Gasteiger partial charge in [-0.15, -0.1) is 0 Å². The standard InChI is InChI=1S/C14H18N6O3S/c1-7-5-11(21)20-14(17-7)24-8(2)13(23)16-4-3-10-18-9(15)6-12(22)19-10/h5-6,8H,3-4H2,1-2H3,(H,16,23)(H,17,20,21)(H3,15,18,19,22). The molecule has 1 atom stereocenters. The first-order chi connectivity index (χ1) is 11.3. The second-order valence-electron chi connectivity index (χ2n) is 5.11. The third kappa shape index (κ3) is 5.23. The minimum Gasteiger partial charge on any atom is -0.383 e. The molecule has 0 aliphatic heterocycles. The van der Waals surface area contributed by atoms with Gasteiger partial charge in [-0.05, 0) is 13.8 Å². The van der Waals surface area contributed by atoms with Crippen LogP contribution in [0.2, 0.25) is 0 Å². The molecule has 0 aliphatic rings. The molecule has 1 unspecified atom stereocenters. The van der Waals surface area contributed by atoms with Crippen LogP contribution in [-0.4, -0.2) is 37.6 Å². The number of aromatic nitrogens is 4. The van der Waals surface area contributed by atoms with E-state index in [0.717, 1.165) is 11.8 Å². The first kappa shape index (κ1) is 17.7. The van der Waals surface area contributed by atoms with Gasteiger partial charge >= 0.3 is 0 Å². The molecular weight excluding hydrogens is 332 g/mol. The Morgan fingerprint density at radius 3 is 2.67 bits per heavy atom. The number of carbonyl (C=O) groups excluding carboxylic acids is 1. The van der Waals surface area contributed by atoms with E-state index in [9.17, 15) is 14.4 Å². The highest BCUT2D eigenvalue weighted by Gasteiger charge is 2.15. The highest BCUT2D eigenvalue weighted by molar-refractivity contribution is 8.00. The predicted octanol–water partition coefficient (Wildman–Crippen LogP) is -0.417. The molecule has 0 fully saturated rings. The number of nitrogens with one attached hydrogen (secondary N) is 3. The Kier molecular flexibility index (Phi) is 5.74. The van der Waals surface area contributed by atoms with E-state index >= 15 is 0 Å². The first-order valence-electron chi connectivity index (χ1n) is 7.21. The Labute approximate surface area is 141 Å². The predicted molar refractivity (Wildman–Crippen MR) is 90.9 cm³/mol. The fraction of sp³-hybridized carbons (Fsp3) is 0.357. The van der Waals surface area contributed by atoms with Crippen LogP contribution in [0.25, 0.3) is 0 Å². The number of carbonyl (C=O) groups is 1. The molecule has 2 rings (SSSR count). The second-order valence-corrected chi connectivity index (χ2v) is 6.44. The highest BCUT2D eigenvalue weighted by Crippen LogP contribution is 2.18. The van der Waals surface area contributed by atoms with Crippen LogP contribution < -0.4 is 22.2 Å². The lowest BCUT2D eigenvalue weighted by atomic mass is 10.3. The number of nitrogens with two attached hydrogens (primary N) is 1. The average molecular weight is 350 g/mol. The Bertz CT molecular complexity index is 847. The second kappa shape index (κ2) is 7.77. The molecule has 0 bridgehead atoms. The summed E-state index contributed by atoms with van der Waals surface area (Å²) in [7, 11) is 0. The maximum absolute atomic E-state index is 12.1. The van der Waals surface area contributed by atoms with Crippen LogP contribution in [-0.2, 0) is 11.2 Å². The number of anilines is 1. The molecule has 2 aromatic heterocycles. The molecule has 2 heterocycles. The van der Waals surface area contributed by atoms with Crippen molar-refractivity contribution in [1.82, 2.24) is 25.3 Å². The zero-order valence-corrected chi connectivity index (χ0v) is 14.1. The van der Waals surface area contributed by atoms with Crippen LogP contribution in [0.5, 0.6) is 0 Å². The van der Waals surface area contributed by atoms with Gasteiger partial charge in [0.1, 0.15) is 11.6 Å². The van der Waals surface area contributed by atoms with Crippen LogP contribution >= 0.6 is 11.8 Å².